The summed E-state index contributed by atoms with van der Waals surface area (Å²) in [6, 6.07) is 3.87. The van der Waals surface area contributed by atoms with Gasteiger partial charge < -0.3 is 25.5 Å². The Hall–Kier alpha value is -2.32. The van der Waals surface area contributed by atoms with Crippen LogP contribution >= 0.6 is 0 Å². The normalized spacial score (nSPS) is 16.2. The predicted octanol–water partition coefficient (Wildman–Crippen LogP) is 2.90. The van der Waals surface area contributed by atoms with Crippen molar-refractivity contribution in [3.63, 3.8) is 0 Å². The SMILES string of the molecule is CC.CC.CCc1nc(/C(N)=C(\CO)N(C)N)ccc1N1CCCC(CC(=O)OC)C1. The molecule has 0 aromatic carbocycles. The molecule has 1 fully saturated rings. The average molecular weight is 438 g/mol. The van der Waals surface area contributed by atoms with Crippen LogP contribution in [0.25, 0.3) is 5.70 Å². The lowest BCUT2D eigenvalue weighted by Crippen LogP contribution is -2.37. The van der Waals surface area contributed by atoms with Crippen LogP contribution in [0.3, 0.4) is 0 Å². The van der Waals surface area contributed by atoms with E-state index in [1.807, 2.05) is 46.8 Å². The number of piperidine rings is 1. The Morgan fingerprint density at radius 2 is 1.97 bits per heavy atom. The number of likely N-dealkylation sites (N-methyl/N-ethyl adjacent to an activating group) is 1. The van der Waals surface area contributed by atoms with E-state index in [0.29, 0.717) is 23.5 Å². The third-order valence-corrected chi connectivity index (χ3v) is 4.99. The zero-order valence-electron chi connectivity index (χ0n) is 20.4. The molecule has 0 aliphatic carbocycles. The molecular weight excluding hydrogens is 394 g/mol. The van der Waals surface area contributed by atoms with Crippen molar-refractivity contribution in [2.45, 2.75) is 60.3 Å². The van der Waals surface area contributed by atoms with Gasteiger partial charge in [-0.1, -0.05) is 34.6 Å². The van der Waals surface area contributed by atoms with Crippen LogP contribution in [0, 0.1) is 5.92 Å². The van der Waals surface area contributed by atoms with Gasteiger partial charge in [-0.15, -0.1) is 0 Å². The Morgan fingerprint density at radius 1 is 1.32 bits per heavy atom. The molecular formula is C23H43N5O3. The molecule has 0 radical (unpaired) electrons. The molecule has 5 N–H and O–H groups in total. The second kappa shape index (κ2) is 15.5. The average Bonchev–Trinajstić information content (AvgIpc) is 2.81. The molecule has 2 rings (SSSR count). The maximum absolute atomic E-state index is 11.6. The number of hydrazine groups is 1. The van der Waals surface area contributed by atoms with Gasteiger partial charge in [-0.05, 0) is 37.3 Å². The standard InChI is InChI=1S/C19H31N5O3.2C2H6/c1-4-14-16(24-9-5-6-13(11-24)10-18(26)27-3)8-7-15(22-14)19(20)17(12-25)23(2)21;2*1-2/h7-8,13,25H,4-6,9-12,20-21H2,1-3H3;2*1-2H3/b19-17-;;. The van der Waals surface area contributed by atoms with Gasteiger partial charge in [-0.25, -0.2) is 10.8 Å². The first-order valence-electron chi connectivity index (χ1n) is 11.3. The molecule has 31 heavy (non-hydrogen) atoms. The fourth-order valence-electron chi connectivity index (χ4n) is 3.50. The molecule has 0 saturated carbocycles. The second-order valence-corrected chi connectivity index (χ2v) is 6.88. The quantitative estimate of drug-likeness (QED) is 0.338. The lowest BCUT2D eigenvalue weighted by atomic mass is 9.94. The van der Waals surface area contributed by atoms with Crippen molar-refractivity contribution >= 4 is 17.4 Å². The third kappa shape index (κ3) is 8.38. The highest BCUT2D eigenvalue weighted by molar-refractivity contribution is 5.70. The molecule has 2 heterocycles. The number of hydrogen-bond donors (Lipinski definition) is 3. The molecule has 8 nitrogen and oxygen atoms in total. The number of methoxy groups -OCH3 is 1. The first-order valence-corrected chi connectivity index (χ1v) is 11.3. The fraction of sp³-hybridized carbons (Fsp3) is 0.652. The number of hydrogen-bond acceptors (Lipinski definition) is 8. The summed E-state index contributed by atoms with van der Waals surface area (Å²) in [5.74, 6) is 5.85. The van der Waals surface area contributed by atoms with E-state index in [1.54, 1.807) is 7.05 Å². The Morgan fingerprint density at radius 3 is 2.48 bits per heavy atom. The van der Waals surface area contributed by atoms with Gasteiger partial charge in [0.15, 0.2) is 0 Å². The monoisotopic (exact) mass is 437 g/mol. The number of nitrogens with zero attached hydrogens (tertiary/aromatic N) is 3. The summed E-state index contributed by atoms with van der Waals surface area (Å²) in [7, 11) is 3.06. The molecule has 8 heteroatoms. The molecule has 1 aromatic heterocycles. The van der Waals surface area contributed by atoms with E-state index >= 15 is 0 Å². The number of carbonyl (C=O) groups is 1. The number of anilines is 1. The number of aryl methyl sites for hydroxylation is 1. The van der Waals surface area contributed by atoms with Gasteiger partial charge in [-0.2, -0.15) is 0 Å². The summed E-state index contributed by atoms with van der Waals surface area (Å²) >= 11 is 0. The van der Waals surface area contributed by atoms with Crippen LogP contribution in [0.4, 0.5) is 5.69 Å². The van der Waals surface area contributed by atoms with E-state index in [2.05, 4.69) is 4.90 Å². The lowest BCUT2D eigenvalue weighted by Gasteiger charge is -2.35. The Bertz CT molecular complexity index is 692. The van der Waals surface area contributed by atoms with Crippen LogP contribution in [0.1, 0.15) is 65.3 Å². The zero-order chi connectivity index (χ0) is 24.0. The summed E-state index contributed by atoms with van der Waals surface area (Å²) in [5.41, 5.74) is 9.56. The van der Waals surface area contributed by atoms with E-state index in [1.165, 1.54) is 12.1 Å². The number of pyridine rings is 1. The molecule has 0 bridgehead atoms. The van der Waals surface area contributed by atoms with Gasteiger partial charge in [-0.3, -0.25) is 4.79 Å². The van der Waals surface area contributed by atoms with Crippen molar-refractivity contribution < 1.29 is 14.6 Å². The highest BCUT2D eigenvalue weighted by Gasteiger charge is 2.24. The Labute approximate surface area is 188 Å². The number of aliphatic hydroxyl groups is 1. The first-order chi connectivity index (χ1) is 14.9. The van der Waals surface area contributed by atoms with Crippen molar-refractivity contribution in [3.8, 4) is 0 Å². The number of carbonyl (C=O) groups excluding carboxylic acids is 1. The highest BCUT2D eigenvalue weighted by Crippen LogP contribution is 2.29. The minimum atomic E-state index is -0.259. The van der Waals surface area contributed by atoms with Crippen molar-refractivity contribution in [3.05, 3.63) is 29.2 Å². The third-order valence-electron chi connectivity index (χ3n) is 4.99. The van der Waals surface area contributed by atoms with E-state index in [-0.39, 0.29) is 18.5 Å². The smallest absolute Gasteiger partial charge is 0.305 e. The minimum absolute atomic E-state index is 0.161. The number of esters is 1. The van der Waals surface area contributed by atoms with Crippen molar-refractivity contribution in [1.82, 2.24) is 9.99 Å². The maximum Gasteiger partial charge on any atom is 0.305 e. The van der Waals surface area contributed by atoms with Crippen LogP contribution in [0.2, 0.25) is 0 Å². The lowest BCUT2D eigenvalue weighted by molar-refractivity contribution is -0.141. The van der Waals surface area contributed by atoms with Gasteiger partial charge in [0, 0.05) is 26.6 Å². The number of aliphatic hydroxyl groups excluding tert-OH is 1. The number of nitrogens with two attached hydrogens (primary N) is 2. The summed E-state index contributed by atoms with van der Waals surface area (Å²) in [4.78, 5) is 18.6. The van der Waals surface area contributed by atoms with Gasteiger partial charge in [0.25, 0.3) is 0 Å². The largest absolute Gasteiger partial charge is 0.469 e. The topological polar surface area (TPSA) is 118 Å². The molecule has 1 atom stereocenters. The summed E-state index contributed by atoms with van der Waals surface area (Å²) in [6.45, 7) is 11.5. The summed E-state index contributed by atoms with van der Waals surface area (Å²) in [5, 5.41) is 10.8. The van der Waals surface area contributed by atoms with E-state index < -0.39 is 0 Å². The molecule has 1 aliphatic rings. The number of ether oxygens (including phenoxy) is 1. The number of aromatic nitrogens is 1. The van der Waals surface area contributed by atoms with Gasteiger partial charge in [0.1, 0.15) is 0 Å². The van der Waals surface area contributed by atoms with E-state index in [4.69, 9.17) is 21.3 Å². The molecule has 1 aromatic rings. The predicted molar refractivity (Wildman–Crippen MR) is 128 cm³/mol. The van der Waals surface area contributed by atoms with Crippen LogP contribution in [0.5, 0.6) is 0 Å². The highest BCUT2D eigenvalue weighted by atomic mass is 16.5. The van der Waals surface area contributed by atoms with Gasteiger partial charge >= 0.3 is 5.97 Å². The van der Waals surface area contributed by atoms with Crippen molar-refractivity contribution in [1.29, 1.82) is 0 Å². The zero-order valence-corrected chi connectivity index (χ0v) is 20.4. The maximum atomic E-state index is 11.6. The molecule has 0 amide bonds. The van der Waals surface area contributed by atoms with Gasteiger partial charge in [0.05, 0.1) is 42.2 Å². The van der Waals surface area contributed by atoms with Crippen molar-refractivity contribution in [2.24, 2.45) is 17.5 Å². The summed E-state index contributed by atoms with van der Waals surface area (Å²) < 4.78 is 4.81. The molecule has 178 valence electrons. The van der Waals surface area contributed by atoms with Crippen LogP contribution in [0.15, 0.2) is 17.8 Å². The minimum Gasteiger partial charge on any atom is -0.469 e. The molecule has 1 aliphatic heterocycles. The van der Waals surface area contributed by atoms with Gasteiger partial charge in [0.2, 0.25) is 0 Å². The fourth-order valence-corrected chi connectivity index (χ4v) is 3.50. The molecule has 1 saturated heterocycles. The van der Waals surface area contributed by atoms with E-state index in [9.17, 15) is 9.90 Å². The molecule has 0 spiro atoms. The van der Waals surface area contributed by atoms with Crippen molar-refractivity contribution in [2.75, 3.05) is 38.8 Å². The number of rotatable bonds is 7. The first kappa shape index (κ1) is 28.7. The van der Waals surface area contributed by atoms with E-state index in [0.717, 1.165) is 43.7 Å². The summed E-state index contributed by atoms with van der Waals surface area (Å²) in [6.07, 6.45) is 3.25. The van der Waals surface area contributed by atoms with Crippen LogP contribution in [-0.2, 0) is 16.0 Å². The Balaban J connectivity index is 0.00000212. The van der Waals surface area contributed by atoms with Crippen LogP contribution < -0.4 is 16.5 Å². The van der Waals surface area contributed by atoms with Crippen LogP contribution in [-0.4, -0.2) is 54.9 Å². The second-order valence-electron chi connectivity index (χ2n) is 6.88. The molecule has 1 unspecified atom stereocenters. The Kier molecular flexibility index (Phi) is 14.3.